The molecule has 1 atom stereocenters. The number of halogens is 1. The standard InChI is InChI=1S/C13H17ClN2O/c1-9-4-2-3-7-16(9)13(17)11-8-10(14)5-6-12(11)15/h5-6,8-9H,2-4,7,15H2,1H3/t9-/m1/s1. The van der Waals surface area contributed by atoms with E-state index in [1.807, 2.05) is 4.90 Å². The van der Waals surface area contributed by atoms with Gasteiger partial charge >= 0.3 is 0 Å². The lowest BCUT2D eigenvalue weighted by molar-refractivity contribution is 0.0637. The lowest BCUT2D eigenvalue weighted by atomic mass is 10.0. The fourth-order valence-electron chi connectivity index (χ4n) is 2.27. The topological polar surface area (TPSA) is 46.3 Å². The average Bonchev–Trinajstić information content (AvgIpc) is 2.32. The van der Waals surface area contributed by atoms with E-state index in [1.165, 1.54) is 6.42 Å². The van der Waals surface area contributed by atoms with Gasteiger partial charge in [0.25, 0.3) is 5.91 Å². The van der Waals surface area contributed by atoms with Crippen LogP contribution in [0.15, 0.2) is 18.2 Å². The largest absolute Gasteiger partial charge is 0.398 e. The molecule has 0 bridgehead atoms. The molecule has 0 radical (unpaired) electrons. The summed E-state index contributed by atoms with van der Waals surface area (Å²) in [5.74, 6) is -0.00259. The van der Waals surface area contributed by atoms with Crippen LogP contribution in [0, 0.1) is 0 Å². The molecule has 1 saturated heterocycles. The van der Waals surface area contributed by atoms with E-state index in [4.69, 9.17) is 17.3 Å². The molecular weight excluding hydrogens is 236 g/mol. The van der Waals surface area contributed by atoms with Crippen LogP contribution >= 0.6 is 11.6 Å². The second kappa shape index (κ2) is 4.96. The fourth-order valence-corrected chi connectivity index (χ4v) is 2.44. The summed E-state index contributed by atoms with van der Waals surface area (Å²) in [5, 5.41) is 0.548. The number of anilines is 1. The van der Waals surface area contributed by atoms with Crippen molar-refractivity contribution in [1.29, 1.82) is 0 Å². The van der Waals surface area contributed by atoms with Gasteiger partial charge < -0.3 is 10.6 Å². The Labute approximate surface area is 107 Å². The average molecular weight is 253 g/mol. The first-order chi connectivity index (χ1) is 8.09. The quantitative estimate of drug-likeness (QED) is 0.781. The number of amides is 1. The number of nitrogens with two attached hydrogens (primary N) is 1. The molecule has 1 aliphatic rings. The molecule has 2 N–H and O–H groups in total. The van der Waals surface area contributed by atoms with Gasteiger partial charge in [-0.15, -0.1) is 0 Å². The maximum atomic E-state index is 12.4. The Hall–Kier alpha value is -1.22. The Kier molecular flexibility index (Phi) is 3.57. The molecule has 0 aliphatic carbocycles. The summed E-state index contributed by atoms with van der Waals surface area (Å²) in [5.41, 5.74) is 6.85. The number of hydrogen-bond donors (Lipinski definition) is 1. The number of likely N-dealkylation sites (tertiary alicyclic amines) is 1. The highest BCUT2D eigenvalue weighted by Crippen LogP contribution is 2.24. The van der Waals surface area contributed by atoms with Crippen molar-refractivity contribution in [3.63, 3.8) is 0 Å². The van der Waals surface area contributed by atoms with Crippen molar-refractivity contribution in [2.24, 2.45) is 0 Å². The minimum atomic E-state index is -0.00259. The van der Waals surface area contributed by atoms with Gasteiger partial charge in [-0.1, -0.05) is 11.6 Å². The molecule has 0 spiro atoms. The second-order valence-corrected chi connectivity index (χ2v) is 5.01. The van der Waals surface area contributed by atoms with Gasteiger partial charge in [-0.05, 0) is 44.4 Å². The van der Waals surface area contributed by atoms with E-state index in [2.05, 4.69) is 6.92 Å². The molecular formula is C13H17ClN2O. The Morgan fingerprint density at radius 2 is 2.24 bits per heavy atom. The van der Waals surface area contributed by atoms with Gasteiger partial charge in [0.15, 0.2) is 0 Å². The molecule has 1 heterocycles. The Morgan fingerprint density at radius 3 is 2.94 bits per heavy atom. The molecule has 0 unspecified atom stereocenters. The van der Waals surface area contributed by atoms with Crippen molar-refractivity contribution >= 4 is 23.2 Å². The molecule has 2 rings (SSSR count). The number of nitrogen functional groups attached to an aromatic ring is 1. The highest BCUT2D eigenvalue weighted by molar-refractivity contribution is 6.31. The normalized spacial score (nSPS) is 20.4. The number of piperidine rings is 1. The minimum Gasteiger partial charge on any atom is -0.398 e. The van der Waals surface area contributed by atoms with Gasteiger partial charge in [-0.2, -0.15) is 0 Å². The maximum Gasteiger partial charge on any atom is 0.256 e. The molecule has 0 aromatic heterocycles. The van der Waals surface area contributed by atoms with Gasteiger partial charge in [0, 0.05) is 23.3 Å². The molecule has 0 saturated carbocycles. The third-order valence-electron chi connectivity index (χ3n) is 3.31. The molecule has 4 heteroatoms. The summed E-state index contributed by atoms with van der Waals surface area (Å²) in [4.78, 5) is 14.3. The van der Waals surface area contributed by atoms with Crippen LogP contribution in [0.2, 0.25) is 5.02 Å². The molecule has 17 heavy (non-hydrogen) atoms. The van der Waals surface area contributed by atoms with Gasteiger partial charge in [0.2, 0.25) is 0 Å². The lowest BCUT2D eigenvalue weighted by Crippen LogP contribution is -2.42. The summed E-state index contributed by atoms with van der Waals surface area (Å²) in [6.07, 6.45) is 3.32. The second-order valence-electron chi connectivity index (χ2n) is 4.57. The summed E-state index contributed by atoms with van der Waals surface area (Å²) in [6.45, 7) is 2.89. The Morgan fingerprint density at radius 1 is 1.47 bits per heavy atom. The summed E-state index contributed by atoms with van der Waals surface area (Å²) < 4.78 is 0. The van der Waals surface area contributed by atoms with Crippen LogP contribution in [0.5, 0.6) is 0 Å². The van der Waals surface area contributed by atoms with Crippen LogP contribution in [0.25, 0.3) is 0 Å². The van der Waals surface area contributed by atoms with Gasteiger partial charge in [-0.3, -0.25) is 4.79 Å². The van der Waals surface area contributed by atoms with Gasteiger partial charge in [-0.25, -0.2) is 0 Å². The molecule has 3 nitrogen and oxygen atoms in total. The molecule has 1 aromatic carbocycles. The molecule has 1 amide bonds. The number of rotatable bonds is 1. The Bertz CT molecular complexity index is 433. The first-order valence-electron chi connectivity index (χ1n) is 5.95. The summed E-state index contributed by atoms with van der Waals surface area (Å²) >= 11 is 5.91. The fraction of sp³-hybridized carbons (Fsp3) is 0.462. The zero-order valence-electron chi connectivity index (χ0n) is 9.95. The zero-order chi connectivity index (χ0) is 12.4. The van der Waals surface area contributed by atoms with E-state index in [9.17, 15) is 4.79 Å². The van der Waals surface area contributed by atoms with Gasteiger partial charge in [0.1, 0.15) is 0 Å². The maximum absolute atomic E-state index is 12.4. The van der Waals surface area contributed by atoms with E-state index in [-0.39, 0.29) is 11.9 Å². The van der Waals surface area contributed by atoms with Crippen molar-refractivity contribution < 1.29 is 4.79 Å². The van der Waals surface area contributed by atoms with E-state index < -0.39 is 0 Å². The minimum absolute atomic E-state index is 0.00259. The SMILES string of the molecule is C[C@@H]1CCCCN1C(=O)c1cc(Cl)ccc1N. The van der Waals surface area contributed by atoms with Crippen molar-refractivity contribution in [2.45, 2.75) is 32.2 Å². The van der Waals surface area contributed by atoms with Crippen molar-refractivity contribution in [3.05, 3.63) is 28.8 Å². The predicted molar refractivity (Wildman–Crippen MR) is 70.2 cm³/mol. The van der Waals surface area contributed by atoms with Crippen molar-refractivity contribution in [3.8, 4) is 0 Å². The highest BCUT2D eigenvalue weighted by Gasteiger charge is 2.25. The smallest absolute Gasteiger partial charge is 0.256 e. The molecule has 1 fully saturated rings. The van der Waals surface area contributed by atoms with Crippen LogP contribution in [-0.2, 0) is 0 Å². The summed E-state index contributed by atoms with van der Waals surface area (Å²) in [7, 11) is 0. The van der Waals surface area contributed by atoms with E-state index in [0.717, 1.165) is 19.4 Å². The third kappa shape index (κ3) is 2.55. The number of carbonyl (C=O) groups excluding carboxylic acids is 1. The monoisotopic (exact) mass is 252 g/mol. The zero-order valence-corrected chi connectivity index (χ0v) is 10.7. The number of benzene rings is 1. The van der Waals surface area contributed by atoms with Gasteiger partial charge in [0.05, 0.1) is 5.56 Å². The van der Waals surface area contributed by atoms with E-state index in [0.29, 0.717) is 16.3 Å². The van der Waals surface area contributed by atoms with Crippen LogP contribution in [0.1, 0.15) is 36.5 Å². The highest BCUT2D eigenvalue weighted by atomic mass is 35.5. The third-order valence-corrected chi connectivity index (χ3v) is 3.54. The van der Waals surface area contributed by atoms with Crippen LogP contribution in [0.4, 0.5) is 5.69 Å². The van der Waals surface area contributed by atoms with Crippen LogP contribution in [-0.4, -0.2) is 23.4 Å². The Balaban J connectivity index is 2.26. The van der Waals surface area contributed by atoms with E-state index >= 15 is 0 Å². The first-order valence-corrected chi connectivity index (χ1v) is 6.33. The first kappa shape index (κ1) is 12.2. The number of carbonyl (C=O) groups is 1. The summed E-state index contributed by atoms with van der Waals surface area (Å²) in [6, 6.07) is 5.33. The molecule has 1 aliphatic heterocycles. The van der Waals surface area contributed by atoms with Crippen molar-refractivity contribution in [2.75, 3.05) is 12.3 Å². The van der Waals surface area contributed by atoms with Crippen LogP contribution in [0.3, 0.4) is 0 Å². The number of hydrogen-bond acceptors (Lipinski definition) is 2. The van der Waals surface area contributed by atoms with Crippen LogP contribution < -0.4 is 5.73 Å². The molecule has 1 aromatic rings. The van der Waals surface area contributed by atoms with Crippen molar-refractivity contribution in [1.82, 2.24) is 4.90 Å². The lowest BCUT2D eigenvalue weighted by Gasteiger charge is -2.33. The van der Waals surface area contributed by atoms with E-state index in [1.54, 1.807) is 18.2 Å². The molecule has 92 valence electrons. The number of nitrogens with zero attached hydrogens (tertiary/aromatic N) is 1. The predicted octanol–water partition coefficient (Wildman–Crippen LogP) is 2.94.